The van der Waals surface area contributed by atoms with E-state index in [1.54, 1.807) is 0 Å². The normalized spacial score (nSPS) is 16.0. The molecule has 0 saturated carbocycles. The molecule has 2 heterocycles. The van der Waals surface area contributed by atoms with E-state index in [4.69, 9.17) is 0 Å². The summed E-state index contributed by atoms with van der Waals surface area (Å²) in [6.45, 7) is 1.16. The van der Waals surface area contributed by atoms with Crippen LogP contribution in [-0.4, -0.2) is 27.8 Å². The summed E-state index contributed by atoms with van der Waals surface area (Å²) < 4.78 is 65.5. The highest BCUT2D eigenvalue weighted by molar-refractivity contribution is 5.19. The number of alkyl halides is 3. The second kappa shape index (κ2) is 6.55. The monoisotopic (exact) mass is 359 g/mol. The summed E-state index contributed by atoms with van der Waals surface area (Å²) in [5.74, 6) is -1.13. The van der Waals surface area contributed by atoms with Crippen molar-refractivity contribution in [3.05, 3.63) is 63.6 Å². The number of benzene rings is 1. The summed E-state index contributed by atoms with van der Waals surface area (Å²) in [7, 11) is 0. The van der Waals surface area contributed by atoms with Crippen molar-refractivity contribution < 1.29 is 22.0 Å². The molecule has 4 nitrogen and oxygen atoms in total. The van der Waals surface area contributed by atoms with Crippen molar-refractivity contribution in [2.45, 2.75) is 19.3 Å². The second-order valence-corrected chi connectivity index (χ2v) is 6.03. The van der Waals surface area contributed by atoms with Gasteiger partial charge in [-0.3, -0.25) is 9.69 Å². The summed E-state index contributed by atoms with van der Waals surface area (Å²) in [6.07, 6.45) is -4.62. The SMILES string of the molecule is O=c1ccc(C(F)(F)F)nn1CC1CN(Cc2cc(F)ccc2F)C1. The maximum absolute atomic E-state index is 13.6. The van der Waals surface area contributed by atoms with E-state index in [2.05, 4.69) is 5.10 Å². The van der Waals surface area contributed by atoms with Gasteiger partial charge in [0.1, 0.15) is 11.6 Å². The van der Waals surface area contributed by atoms with E-state index in [-0.39, 0.29) is 24.6 Å². The molecule has 0 atom stereocenters. The molecule has 25 heavy (non-hydrogen) atoms. The van der Waals surface area contributed by atoms with Crippen LogP contribution in [0.5, 0.6) is 0 Å². The standard InChI is InChI=1S/C16H14F5N3O/c17-12-1-2-13(18)11(5-12)9-23-6-10(7-23)8-24-15(25)4-3-14(22-24)16(19,20)21/h1-5,10H,6-9H2. The Bertz CT molecular complexity index is 827. The van der Waals surface area contributed by atoms with Gasteiger partial charge in [-0.05, 0) is 24.3 Å². The zero-order valence-electron chi connectivity index (χ0n) is 12.9. The van der Waals surface area contributed by atoms with Gasteiger partial charge >= 0.3 is 6.18 Å². The number of hydrogen-bond acceptors (Lipinski definition) is 3. The molecule has 1 aromatic carbocycles. The summed E-state index contributed by atoms with van der Waals surface area (Å²) in [4.78, 5) is 13.5. The molecule has 3 rings (SSSR count). The number of hydrogen-bond donors (Lipinski definition) is 0. The molecule has 1 aromatic heterocycles. The van der Waals surface area contributed by atoms with Gasteiger partial charge in [0.2, 0.25) is 0 Å². The number of rotatable bonds is 4. The van der Waals surface area contributed by atoms with E-state index in [1.165, 1.54) is 0 Å². The van der Waals surface area contributed by atoms with Crippen molar-refractivity contribution in [3.63, 3.8) is 0 Å². The third-order valence-corrected chi connectivity index (χ3v) is 4.02. The van der Waals surface area contributed by atoms with Crippen LogP contribution in [-0.2, 0) is 19.3 Å². The zero-order valence-corrected chi connectivity index (χ0v) is 12.9. The van der Waals surface area contributed by atoms with Crippen LogP contribution in [0.15, 0.2) is 35.1 Å². The van der Waals surface area contributed by atoms with Crippen LogP contribution in [0.2, 0.25) is 0 Å². The maximum Gasteiger partial charge on any atom is 0.435 e. The van der Waals surface area contributed by atoms with Crippen LogP contribution in [0.25, 0.3) is 0 Å². The second-order valence-electron chi connectivity index (χ2n) is 6.03. The number of likely N-dealkylation sites (tertiary alicyclic amines) is 1. The first kappa shape index (κ1) is 17.5. The molecule has 0 aliphatic carbocycles. The Morgan fingerprint density at radius 1 is 1.12 bits per heavy atom. The predicted octanol–water partition coefficient (Wildman–Crippen LogP) is 2.67. The molecule has 0 amide bonds. The largest absolute Gasteiger partial charge is 0.435 e. The van der Waals surface area contributed by atoms with Crippen molar-refractivity contribution in [1.82, 2.24) is 14.7 Å². The first-order chi connectivity index (χ1) is 11.7. The third kappa shape index (κ3) is 4.04. The fourth-order valence-electron chi connectivity index (χ4n) is 2.80. The van der Waals surface area contributed by atoms with Gasteiger partial charge in [0, 0.05) is 37.2 Å². The minimum Gasteiger partial charge on any atom is -0.298 e. The smallest absolute Gasteiger partial charge is 0.298 e. The Morgan fingerprint density at radius 2 is 1.84 bits per heavy atom. The third-order valence-electron chi connectivity index (χ3n) is 4.02. The molecule has 9 heteroatoms. The molecular weight excluding hydrogens is 345 g/mol. The molecule has 0 bridgehead atoms. The number of nitrogens with zero attached hydrogens (tertiary/aromatic N) is 3. The molecule has 1 aliphatic heterocycles. The Labute approximate surface area is 139 Å². The van der Waals surface area contributed by atoms with Gasteiger partial charge in [0.05, 0.1) is 6.54 Å². The van der Waals surface area contributed by atoms with E-state index in [0.29, 0.717) is 19.2 Å². The lowest BCUT2D eigenvalue weighted by Gasteiger charge is -2.39. The quantitative estimate of drug-likeness (QED) is 0.788. The molecule has 2 aromatic rings. The van der Waals surface area contributed by atoms with Gasteiger partial charge in [-0.2, -0.15) is 18.3 Å². The molecule has 0 unspecified atom stereocenters. The van der Waals surface area contributed by atoms with Crippen LogP contribution in [0, 0.1) is 17.6 Å². The van der Waals surface area contributed by atoms with E-state index in [1.807, 2.05) is 4.90 Å². The van der Waals surface area contributed by atoms with Crippen LogP contribution >= 0.6 is 0 Å². The topological polar surface area (TPSA) is 38.1 Å². The molecule has 0 N–H and O–H groups in total. The van der Waals surface area contributed by atoms with Gasteiger partial charge in [0.15, 0.2) is 5.69 Å². The zero-order chi connectivity index (χ0) is 18.2. The van der Waals surface area contributed by atoms with Crippen molar-refractivity contribution in [1.29, 1.82) is 0 Å². The van der Waals surface area contributed by atoms with Gasteiger partial charge in [-0.25, -0.2) is 13.5 Å². The Hall–Kier alpha value is -2.29. The van der Waals surface area contributed by atoms with E-state index < -0.39 is 29.1 Å². The van der Waals surface area contributed by atoms with E-state index >= 15 is 0 Å². The molecule has 1 fully saturated rings. The van der Waals surface area contributed by atoms with Gasteiger partial charge in [-0.15, -0.1) is 0 Å². The van der Waals surface area contributed by atoms with E-state index in [9.17, 15) is 26.7 Å². The molecule has 1 aliphatic rings. The summed E-state index contributed by atoms with van der Waals surface area (Å²) in [5, 5.41) is 3.35. The molecule has 0 spiro atoms. The summed E-state index contributed by atoms with van der Waals surface area (Å²) in [6, 6.07) is 4.69. The Morgan fingerprint density at radius 3 is 2.52 bits per heavy atom. The molecular formula is C16H14F5N3O. The first-order valence-corrected chi connectivity index (χ1v) is 7.54. The fourth-order valence-corrected chi connectivity index (χ4v) is 2.80. The van der Waals surface area contributed by atoms with Crippen molar-refractivity contribution >= 4 is 0 Å². The minimum absolute atomic E-state index is 0.0465. The maximum atomic E-state index is 13.6. The average Bonchev–Trinajstić information content (AvgIpc) is 2.49. The lowest BCUT2D eigenvalue weighted by molar-refractivity contribution is -0.142. The molecule has 1 saturated heterocycles. The van der Waals surface area contributed by atoms with Crippen molar-refractivity contribution in [3.8, 4) is 0 Å². The Kier molecular flexibility index (Phi) is 4.59. The van der Waals surface area contributed by atoms with Crippen LogP contribution < -0.4 is 5.56 Å². The van der Waals surface area contributed by atoms with Crippen molar-refractivity contribution in [2.75, 3.05) is 13.1 Å². The minimum atomic E-state index is -4.62. The lowest BCUT2D eigenvalue weighted by atomic mass is 9.99. The summed E-state index contributed by atoms with van der Waals surface area (Å²) >= 11 is 0. The number of halogens is 5. The van der Waals surface area contributed by atoms with Crippen molar-refractivity contribution in [2.24, 2.45) is 5.92 Å². The summed E-state index contributed by atoms with van der Waals surface area (Å²) in [5.41, 5.74) is -1.51. The highest BCUT2D eigenvalue weighted by Crippen LogP contribution is 2.27. The Balaban J connectivity index is 1.61. The van der Waals surface area contributed by atoms with Gasteiger partial charge < -0.3 is 0 Å². The van der Waals surface area contributed by atoms with Crippen LogP contribution in [0.4, 0.5) is 22.0 Å². The fraction of sp³-hybridized carbons (Fsp3) is 0.375. The van der Waals surface area contributed by atoms with Crippen LogP contribution in [0.3, 0.4) is 0 Å². The predicted molar refractivity (Wildman–Crippen MR) is 78.6 cm³/mol. The van der Waals surface area contributed by atoms with Crippen LogP contribution in [0.1, 0.15) is 11.3 Å². The number of aromatic nitrogens is 2. The van der Waals surface area contributed by atoms with E-state index in [0.717, 1.165) is 28.9 Å². The lowest BCUT2D eigenvalue weighted by Crippen LogP contribution is -2.49. The first-order valence-electron chi connectivity index (χ1n) is 7.54. The molecule has 0 radical (unpaired) electrons. The molecule has 134 valence electrons. The highest BCUT2D eigenvalue weighted by Gasteiger charge is 2.34. The van der Waals surface area contributed by atoms with Gasteiger partial charge in [0.25, 0.3) is 5.56 Å². The average molecular weight is 359 g/mol. The van der Waals surface area contributed by atoms with Gasteiger partial charge in [-0.1, -0.05) is 0 Å². The highest BCUT2D eigenvalue weighted by atomic mass is 19.4.